The van der Waals surface area contributed by atoms with Gasteiger partial charge in [-0.05, 0) is 55.0 Å². The van der Waals surface area contributed by atoms with Gasteiger partial charge in [-0.25, -0.2) is 4.99 Å². The summed E-state index contributed by atoms with van der Waals surface area (Å²) in [6, 6.07) is 13.2. The van der Waals surface area contributed by atoms with E-state index >= 15 is 0 Å². The molecule has 0 saturated carbocycles. The zero-order valence-electron chi connectivity index (χ0n) is 13.8. The van der Waals surface area contributed by atoms with Gasteiger partial charge < -0.3 is 5.73 Å². The van der Waals surface area contributed by atoms with Gasteiger partial charge in [0.1, 0.15) is 5.84 Å². The Balaban J connectivity index is 0.00000102. The Bertz CT molecular complexity index is 593. The number of nitrogens with zero attached hydrogens (tertiary/aromatic N) is 1. The number of aliphatic imine (C=N–C) groups is 1. The van der Waals surface area contributed by atoms with Crippen molar-refractivity contribution in [2.24, 2.45) is 10.7 Å². The summed E-state index contributed by atoms with van der Waals surface area (Å²) in [6.07, 6.45) is 0. The lowest BCUT2D eigenvalue weighted by Crippen LogP contribution is -2.14. The molecule has 0 aliphatic heterocycles. The minimum Gasteiger partial charge on any atom is -0.383 e. The Morgan fingerprint density at radius 3 is 2.05 bits per heavy atom. The van der Waals surface area contributed by atoms with Crippen LogP contribution in [0.15, 0.2) is 51.9 Å². The van der Waals surface area contributed by atoms with Gasteiger partial charge in [-0.1, -0.05) is 55.2 Å². The molecule has 2 aromatic carbocycles. The summed E-state index contributed by atoms with van der Waals surface area (Å²) < 4.78 is 1.02. The number of amidine groups is 1. The molecule has 2 rings (SSSR count). The Kier molecular flexibility index (Phi) is 10.6. The van der Waals surface area contributed by atoms with Crippen molar-refractivity contribution in [1.82, 2.24) is 0 Å². The quantitative estimate of drug-likeness (QED) is 0.466. The van der Waals surface area contributed by atoms with Crippen LogP contribution < -0.4 is 5.73 Å². The zero-order chi connectivity index (χ0) is 17.1. The van der Waals surface area contributed by atoms with E-state index in [2.05, 4.69) is 20.9 Å². The topological polar surface area (TPSA) is 38.4 Å². The fourth-order valence-corrected chi connectivity index (χ4v) is 2.12. The second-order valence-corrected chi connectivity index (χ2v) is 5.28. The van der Waals surface area contributed by atoms with Crippen LogP contribution in [-0.4, -0.2) is 5.84 Å². The first-order chi connectivity index (χ1) is 10.6. The lowest BCUT2D eigenvalue weighted by atomic mass is 10.1. The molecule has 2 aromatic rings. The molecule has 2 N–H and O–H groups in total. The van der Waals surface area contributed by atoms with E-state index in [0.29, 0.717) is 10.9 Å². The molecule has 2 nitrogen and oxygen atoms in total. The van der Waals surface area contributed by atoms with E-state index in [9.17, 15) is 0 Å². The van der Waals surface area contributed by atoms with Gasteiger partial charge in [-0.2, -0.15) is 0 Å². The number of hydrogen-bond acceptors (Lipinski definition) is 1. The highest BCUT2D eigenvalue weighted by Crippen LogP contribution is 2.19. The van der Waals surface area contributed by atoms with Crippen LogP contribution in [0.3, 0.4) is 0 Å². The maximum Gasteiger partial charge on any atom is 0.131 e. The molecule has 0 amide bonds. The van der Waals surface area contributed by atoms with Gasteiger partial charge in [0.25, 0.3) is 0 Å². The van der Waals surface area contributed by atoms with Crippen LogP contribution in [0.5, 0.6) is 0 Å². The largest absolute Gasteiger partial charge is 0.383 e. The van der Waals surface area contributed by atoms with E-state index in [1.165, 1.54) is 0 Å². The zero-order valence-corrected chi connectivity index (χ0v) is 16.2. The smallest absolute Gasteiger partial charge is 0.131 e. The highest BCUT2D eigenvalue weighted by atomic mass is 79.9. The SMILES string of the molecule is CC.CC.Cc1cc(Cl)ccc1C(N)=Nc1ccc(Br)cc1. The molecule has 0 aliphatic rings. The van der Waals surface area contributed by atoms with Crippen molar-refractivity contribution >= 4 is 39.1 Å². The molecule has 0 bridgehead atoms. The van der Waals surface area contributed by atoms with Crippen LogP contribution in [0, 0.1) is 6.92 Å². The van der Waals surface area contributed by atoms with E-state index in [1.807, 2.05) is 77.1 Å². The molecule has 0 fully saturated rings. The third-order valence-electron chi connectivity index (χ3n) is 2.54. The molecule has 0 spiro atoms. The Morgan fingerprint density at radius 2 is 1.55 bits per heavy atom. The summed E-state index contributed by atoms with van der Waals surface area (Å²) in [4.78, 5) is 4.39. The van der Waals surface area contributed by atoms with Crippen LogP contribution in [0.4, 0.5) is 5.69 Å². The molecule has 0 heterocycles. The van der Waals surface area contributed by atoms with Gasteiger partial charge in [0.05, 0.1) is 5.69 Å². The van der Waals surface area contributed by atoms with Gasteiger partial charge in [0.15, 0.2) is 0 Å². The summed E-state index contributed by atoms with van der Waals surface area (Å²) in [6.45, 7) is 9.96. The van der Waals surface area contributed by atoms with Crippen molar-refractivity contribution in [2.45, 2.75) is 34.6 Å². The van der Waals surface area contributed by atoms with Crippen LogP contribution in [-0.2, 0) is 0 Å². The van der Waals surface area contributed by atoms with E-state index in [0.717, 1.165) is 21.3 Å². The standard InChI is InChI=1S/C14H12BrClN2.2C2H6/c1-9-8-11(16)4-7-13(9)14(17)18-12-5-2-10(15)3-6-12;2*1-2/h2-8H,1H3,(H2,17,18);2*1-2H3. The fraction of sp³-hybridized carbons (Fsp3) is 0.278. The van der Waals surface area contributed by atoms with E-state index in [-0.39, 0.29) is 0 Å². The molecule has 0 aliphatic carbocycles. The van der Waals surface area contributed by atoms with Gasteiger partial charge in [-0.15, -0.1) is 0 Å². The molecule has 0 atom stereocenters. The first kappa shape index (κ1) is 20.7. The average Bonchev–Trinajstić information content (AvgIpc) is 2.53. The van der Waals surface area contributed by atoms with E-state index in [4.69, 9.17) is 17.3 Å². The molecule has 0 radical (unpaired) electrons. The molecule has 0 aromatic heterocycles. The number of halogens is 2. The average molecular weight is 384 g/mol. The van der Waals surface area contributed by atoms with Crippen molar-refractivity contribution < 1.29 is 0 Å². The first-order valence-corrected chi connectivity index (χ1v) is 8.59. The molecular weight excluding hydrogens is 360 g/mol. The number of aryl methyl sites for hydroxylation is 1. The number of benzene rings is 2. The number of nitrogens with two attached hydrogens (primary N) is 1. The van der Waals surface area contributed by atoms with E-state index < -0.39 is 0 Å². The van der Waals surface area contributed by atoms with Crippen molar-refractivity contribution in [3.05, 3.63) is 63.1 Å². The monoisotopic (exact) mass is 382 g/mol. The maximum absolute atomic E-state index is 6.01. The predicted molar refractivity (Wildman–Crippen MR) is 103 cm³/mol. The third kappa shape index (κ3) is 6.63. The lowest BCUT2D eigenvalue weighted by molar-refractivity contribution is 1.39. The minimum absolute atomic E-state index is 0.492. The highest BCUT2D eigenvalue weighted by molar-refractivity contribution is 9.10. The highest BCUT2D eigenvalue weighted by Gasteiger charge is 2.03. The summed E-state index contributed by atoms with van der Waals surface area (Å²) in [7, 11) is 0. The van der Waals surface area contributed by atoms with Crippen LogP contribution in [0.1, 0.15) is 38.8 Å². The second kappa shape index (κ2) is 11.3. The summed E-state index contributed by atoms with van der Waals surface area (Å²) in [5.41, 5.74) is 8.75. The molecule has 120 valence electrons. The van der Waals surface area contributed by atoms with Gasteiger partial charge in [-0.3, -0.25) is 0 Å². The first-order valence-electron chi connectivity index (χ1n) is 7.42. The molecule has 4 heteroatoms. The van der Waals surface area contributed by atoms with Gasteiger partial charge in [0.2, 0.25) is 0 Å². The summed E-state index contributed by atoms with van der Waals surface area (Å²) in [5.74, 6) is 0.492. The lowest BCUT2D eigenvalue weighted by Gasteiger charge is -2.05. The predicted octanol–water partition coefficient (Wildman–Crippen LogP) is 6.50. The Labute approximate surface area is 147 Å². The van der Waals surface area contributed by atoms with Crippen molar-refractivity contribution in [3.8, 4) is 0 Å². The summed E-state index contributed by atoms with van der Waals surface area (Å²) >= 11 is 9.30. The van der Waals surface area contributed by atoms with Crippen LogP contribution in [0.2, 0.25) is 5.02 Å². The van der Waals surface area contributed by atoms with Gasteiger partial charge >= 0.3 is 0 Å². The fourth-order valence-electron chi connectivity index (χ4n) is 1.63. The third-order valence-corrected chi connectivity index (χ3v) is 3.30. The summed E-state index contributed by atoms with van der Waals surface area (Å²) in [5, 5.41) is 0.702. The Morgan fingerprint density at radius 1 is 1.00 bits per heavy atom. The van der Waals surface area contributed by atoms with Crippen molar-refractivity contribution in [3.63, 3.8) is 0 Å². The van der Waals surface area contributed by atoms with Crippen molar-refractivity contribution in [1.29, 1.82) is 0 Å². The maximum atomic E-state index is 6.01. The second-order valence-electron chi connectivity index (χ2n) is 3.93. The van der Waals surface area contributed by atoms with Gasteiger partial charge in [0, 0.05) is 15.1 Å². The molecule has 0 saturated heterocycles. The van der Waals surface area contributed by atoms with Crippen LogP contribution in [0.25, 0.3) is 0 Å². The minimum atomic E-state index is 0.492. The molecule has 22 heavy (non-hydrogen) atoms. The molecular formula is C18H24BrClN2. The normalized spacial score (nSPS) is 10.0. The van der Waals surface area contributed by atoms with Crippen molar-refractivity contribution in [2.75, 3.05) is 0 Å². The number of hydrogen-bond donors (Lipinski definition) is 1. The Hall–Kier alpha value is -1.32. The molecule has 0 unspecified atom stereocenters. The van der Waals surface area contributed by atoms with Crippen LogP contribution >= 0.6 is 27.5 Å². The van der Waals surface area contributed by atoms with E-state index in [1.54, 1.807) is 0 Å². The number of rotatable bonds is 2.